The lowest BCUT2D eigenvalue weighted by Crippen LogP contribution is -2.27. The lowest BCUT2D eigenvalue weighted by molar-refractivity contribution is 0.1000. The topological polar surface area (TPSA) is 77.1 Å². The zero-order chi connectivity index (χ0) is 16.4. The molecule has 0 bridgehead atoms. The van der Waals surface area contributed by atoms with Gasteiger partial charge in [-0.25, -0.2) is 4.39 Å². The molecule has 0 saturated carbocycles. The molecule has 0 spiro atoms. The van der Waals surface area contributed by atoms with E-state index in [2.05, 4.69) is 21.2 Å². The van der Waals surface area contributed by atoms with Crippen LogP contribution in [0.1, 0.15) is 17.3 Å². The molecule has 2 rings (SSSR count). The van der Waals surface area contributed by atoms with Crippen molar-refractivity contribution in [3.05, 3.63) is 56.4 Å². The molecule has 1 amide bonds. The minimum absolute atomic E-state index is 0.0850. The zero-order valence-electron chi connectivity index (χ0n) is 11.5. The average molecular weight is 372 g/mol. The Morgan fingerprint density at radius 2 is 2.09 bits per heavy atom. The molecule has 3 N–H and O–H groups in total. The first kappa shape index (κ1) is 16.2. The van der Waals surface area contributed by atoms with Crippen molar-refractivity contribution in [2.75, 3.05) is 5.32 Å². The zero-order valence-corrected chi connectivity index (χ0v) is 13.1. The Morgan fingerprint density at radius 1 is 1.41 bits per heavy atom. The first-order valence-corrected chi connectivity index (χ1v) is 7.09. The molecule has 0 unspecified atom stereocenters. The fraction of sp³-hybridized carbons (Fsp3) is 0.143. The van der Waals surface area contributed by atoms with E-state index in [1.54, 1.807) is 6.92 Å². The SMILES string of the molecule is CCn1cc(C(N)=O)c(Nc2ccc(Br)cc2F)c(F)c1=O. The summed E-state index contributed by atoms with van der Waals surface area (Å²) in [5.41, 5.74) is 3.53. The number of carbonyl (C=O) groups is 1. The van der Waals surface area contributed by atoms with Gasteiger partial charge in [0, 0.05) is 17.2 Å². The predicted octanol–water partition coefficient (Wildman–Crippen LogP) is 2.75. The number of nitrogens with zero attached hydrogens (tertiary/aromatic N) is 1. The fourth-order valence-corrected chi connectivity index (χ4v) is 2.23. The van der Waals surface area contributed by atoms with E-state index in [1.165, 1.54) is 12.1 Å². The van der Waals surface area contributed by atoms with Gasteiger partial charge in [0.2, 0.25) is 5.82 Å². The van der Waals surface area contributed by atoms with E-state index in [4.69, 9.17) is 5.73 Å². The van der Waals surface area contributed by atoms with Crippen LogP contribution in [0.15, 0.2) is 33.7 Å². The van der Waals surface area contributed by atoms with E-state index < -0.39 is 28.8 Å². The molecular formula is C14H12BrF2N3O2. The number of hydrogen-bond donors (Lipinski definition) is 2. The van der Waals surface area contributed by atoms with E-state index in [0.717, 1.165) is 16.8 Å². The third-order valence-electron chi connectivity index (χ3n) is 3.02. The van der Waals surface area contributed by atoms with Gasteiger partial charge in [0.15, 0.2) is 0 Å². The molecule has 0 aliphatic rings. The number of hydrogen-bond acceptors (Lipinski definition) is 3. The van der Waals surface area contributed by atoms with Crippen LogP contribution in [0.5, 0.6) is 0 Å². The van der Waals surface area contributed by atoms with Crippen LogP contribution in [0.3, 0.4) is 0 Å². The number of nitrogens with one attached hydrogen (secondary N) is 1. The van der Waals surface area contributed by atoms with Crippen LogP contribution >= 0.6 is 15.9 Å². The molecule has 1 aromatic carbocycles. The second-order valence-electron chi connectivity index (χ2n) is 4.44. The minimum Gasteiger partial charge on any atom is -0.365 e. The van der Waals surface area contributed by atoms with Crippen LogP contribution in [0, 0.1) is 11.6 Å². The summed E-state index contributed by atoms with van der Waals surface area (Å²) in [6.07, 6.45) is 1.15. The molecule has 116 valence electrons. The molecule has 0 aliphatic heterocycles. The number of rotatable bonds is 4. The van der Waals surface area contributed by atoms with Crippen molar-refractivity contribution in [3.8, 4) is 0 Å². The first-order valence-electron chi connectivity index (χ1n) is 6.30. The Bertz CT molecular complexity index is 805. The highest BCUT2D eigenvalue weighted by Crippen LogP contribution is 2.26. The molecule has 8 heteroatoms. The van der Waals surface area contributed by atoms with Gasteiger partial charge >= 0.3 is 0 Å². The summed E-state index contributed by atoms with van der Waals surface area (Å²) < 4.78 is 29.6. The van der Waals surface area contributed by atoms with Gasteiger partial charge in [-0.1, -0.05) is 15.9 Å². The summed E-state index contributed by atoms with van der Waals surface area (Å²) in [6, 6.07) is 4.03. The number of aryl methyl sites for hydroxylation is 1. The number of pyridine rings is 1. The van der Waals surface area contributed by atoms with Gasteiger partial charge in [-0.05, 0) is 25.1 Å². The van der Waals surface area contributed by atoms with E-state index in [1.807, 2.05) is 0 Å². The van der Waals surface area contributed by atoms with Gasteiger partial charge in [0.05, 0.1) is 16.9 Å². The molecule has 0 fully saturated rings. The number of primary amides is 1. The van der Waals surface area contributed by atoms with Crippen LogP contribution in [-0.4, -0.2) is 10.5 Å². The summed E-state index contributed by atoms with van der Waals surface area (Å²) in [5, 5.41) is 2.42. The number of carbonyl (C=O) groups excluding carboxylic acids is 1. The Balaban J connectivity index is 2.61. The molecule has 0 radical (unpaired) electrons. The highest BCUT2D eigenvalue weighted by molar-refractivity contribution is 9.10. The number of nitrogens with two attached hydrogens (primary N) is 1. The summed E-state index contributed by atoms with van der Waals surface area (Å²) in [5.74, 6) is -2.80. The molecular weight excluding hydrogens is 360 g/mol. The molecule has 22 heavy (non-hydrogen) atoms. The minimum atomic E-state index is -1.19. The number of benzene rings is 1. The largest absolute Gasteiger partial charge is 0.365 e. The van der Waals surface area contributed by atoms with E-state index in [0.29, 0.717) is 4.47 Å². The van der Waals surface area contributed by atoms with Gasteiger partial charge in [0.25, 0.3) is 11.5 Å². The predicted molar refractivity (Wildman–Crippen MR) is 82.2 cm³/mol. The van der Waals surface area contributed by atoms with Crippen molar-refractivity contribution >= 4 is 33.2 Å². The lowest BCUT2D eigenvalue weighted by atomic mass is 10.2. The first-order chi connectivity index (χ1) is 10.3. The molecule has 1 aromatic heterocycles. The summed E-state index contributed by atoms with van der Waals surface area (Å²) in [6.45, 7) is 1.79. The Kier molecular flexibility index (Phi) is 4.60. The normalized spacial score (nSPS) is 10.5. The smallest absolute Gasteiger partial charge is 0.288 e. The van der Waals surface area contributed by atoms with Crippen molar-refractivity contribution in [3.63, 3.8) is 0 Å². The lowest BCUT2D eigenvalue weighted by Gasteiger charge is -2.14. The van der Waals surface area contributed by atoms with Crippen LogP contribution < -0.4 is 16.6 Å². The average Bonchev–Trinajstić information content (AvgIpc) is 2.46. The Morgan fingerprint density at radius 3 is 2.64 bits per heavy atom. The standard InChI is InChI=1S/C14H12BrF2N3O2/c1-2-20-6-8(13(18)21)12(11(17)14(20)22)19-10-4-3-7(15)5-9(10)16/h3-6,19H,2H2,1H3,(H2,18,21). The molecule has 0 atom stereocenters. The highest BCUT2D eigenvalue weighted by Gasteiger charge is 2.20. The summed E-state index contributed by atoms with van der Waals surface area (Å²) in [7, 11) is 0. The van der Waals surface area contributed by atoms with Gasteiger partial charge in [-0.2, -0.15) is 4.39 Å². The van der Waals surface area contributed by atoms with Crippen molar-refractivity contribution in [1.29, 1.82) is 0 Å². The number of aromatic nitrogens is 1. The van der Waals surface area contributed by atoms with Crippen molar-refractivity contribution in [1.82, 2.24) is 4.57 Å². The van der Waals surface area contributed by atoms with E-state index in [-0.39, 0.29) is 17.8 Å². The molecule has 2 aromatic rings. The summed E-state index contributed by atoms with van der Waals surface area (Å²) >= 11 is 3.10. The maximum absolute atomic E-state index is 14.2. The fourth-order valence-electron chi connectivity index (χ4n) is 1.90. The van der Waals surface area contributed by atoms with Crippen molar-refractivity contribution in [2.45, 2.75) is 13.5 Å². The molecule has 0 aliphatic carbocycles. The monoisotopic (exact) mass is 371 g/mol. The second-order valence-corrected chi connectivity index (χ2v) is 5.35. The summed E-state index contributed by atoms with van der Waals surface area (Å²) in [4.78, 5) is 23.3. The van der Waals surface area contributed by atoms with E-state index in [9.17, 15) is 18.4 Å². The van der Waals surface area contributed by atoms with Crippen molar-refractivity contribution < 1.29 is 13.6 Å². The Hall–Kier alpha value is -2.22. The van der Waals surface area contributed by atoms with E-state index >= 15 is 0 Å². The maximum atomic E-state index is 14.2. The molecule has 0 saturated heterocycles. The quantitative estimate of drug-likeness (QED) is 0.867. The number of halogens is 3. The molecule has 1 heterocycles. The second kappa shape index (κ2) is 6.27. The van der Waals surface area contributed by atoms with Crippen LogP contribution in [0.25, 0.3) is 0 Å². The maximum Gasteiger partial charge on any atom is 0.288 e. The molecule has 5 nitrogen and oxygen atoms in total. The van der Waals surface area contributed by atoms with Gasteiger partial charge in [0.1, 0.15) is 5.82 Å². The number of anilines is 2. The third kappa shape index (κ3) is 3.01. The Labute approximate surface area is 132 Å². The van der Waals surface area contributed by atoms with Crippen LogP contribution in [0.4, 0.5) is 20.2 Å². The third-order valence-corrected chi connectivity index (χ3v) is 3.51. The highest BCUT2D eigenvalue weighted by atomic mass is 79.9. The van der Waals surface area contributed by atoms with Crippen LogP contribution in [0.2, 0.25) is 0 Å². The van der Waals surface area contributed by atoms with Crippen molar-refractivity contribution in [2.24, 2.45) is 5.73 Å². The van der Waals surface area contributed by atoms with Gasteiger partial charge < -0.3 is 15.6 Å². The van der Waals surface area contributed by atoms with Crippen LogP contribution in [-0.2, 0) is 6.54 Å². The number of amides is 1. The van der Waals surface area contributed by atoms with Gasteiger partial charge in [-0.15, -0.1) is 0 Å². The van der Waals surface area contributed by atoms with Gasteiger partial charge in [-0.3, -0.25) is 9.59 Å².